The SMILES string of the molecule is C=C(Cc1ccc(C)cc1N)NC(C(=C)OC)C(C)C. The molecule has 3 nitrogen and oxygen atoms in total. The number of ether oxygens (including phenoxy) is 1. The van der Waals surface area contributed by atoms with E-state index in [4.69, 9.17) is 10.5 Å². The average molecular weight is 274 g/mol. The fourth-order valence-electron chi connectivity index (χ4n) is 2.12. The molecule has 0 amide bonds. The summed E-state index contributed by atoms with van der Waals surface area (Å²) in [5, 5.41) is 3.38. The highest BCUT2D eigenvalue weighted by molar-refractivity contribution is 5.50. The number of hydrogen-bond donors (Lipinski definition) is 2. The summed E-state index contributed by atoms with van der Waals surface area (Å²) in [6, 6.07) is 6.15. The molecule has 0 bridgehead atoms. The summed E-state index contributed by atoms with van der Waals surface area (Å²) in [6.07, 6.45) is 0.701. The molecule has 3 N–H and O–H groups in total. The molecular formula is C17H26N2O. The number of aryl methyl sites for hydroxylation is 1. The zero-order valence-electron chi connectivity index (χ0n) is 13.0. The lowest BCUT2D eigenvalue weighted by Crippen LogP contribution is -2.35. The largest absolute Gasteiger partial charge is 0.500 e. The highest BCUT2D eigenvalue weighted by Crippen LogP contribution is 2.18. The number of hydrogen-bond acceptors (Lipinski definition) is 3. The van der Waals surface area contributed by atoms with Crippen LogP contribution in [0.3, 0.4) is 0 Å². The Labute approximate surface area is 122 Å². The molecule has 0 heterocycles. The van der Waals surface area contributed by atoms with Crippen LogP contribution in [-0.2, 0) is 11.2 Å². The van der Waals surface area contributed by atoms with Gasteiger partial charge in [0, 0.05) is 17.8 Å². The topological polar surface area (TPSA) is 47.3 Å². The molecule has 110 valence electrons. The fourth-order valence-corrected chi connectivity index (χ4v) is 2.12. The molecule has 1 atom stereocenters. The van der Waals surface area contributed by atoms with Crippen molar-refractivity contribution in [1.82, 2.24) is 5.32 Å². The molecule has 0 saturated carbocycles. The second kappa shape index (κ2) is 7.04. The molecule has 20 heavy (non-hydrogen) atoms. The van der Waals surface area contributed by atoms with Crippen LogP contribution in [0.4, 0.5) is 5.69 Å². The number of nitrogens with two attached hydrogens (primary N) is 1. The first-order valence-electron chi connectivity index (χ1n) is 6.87. The van der Waals surface area contributed by atoms with Crippen molar-refractivity contribution in [3.63, 3.8) is 0 Å². The highest BCUT2D eigenvalue weighted by Gasteiger charge is 2.18. The number of benzene rings is 1. The molecule has 1 aromatic carbocycles. The van der Waals surface area contributed by atoms with Crippen molar-refractivity contribution in [2.24, 2.45) is 5.92 Å². The zero-order chi connectivity index (χ0) is 15.3. The van der Waals surface area contributed by atoms with Crippen LogP contribution >= 0.6 is 0 Å². The number of nitrogens with one attached hydrogen (secondary N) is 1. The average Bonchev–Trinajstić information content (AvgIpc) is 2.38. The molecule has 0 aliphatic carbocycles. The maximum Gasteiger partial charge on any atom is 0.111 e. The van der Waals surface area contributed by atoms with E-state index in [1.54, 1.807) is 7.11 Å². The summed E-state index contributed by atoms with van der Waals surface area (Å²) in [5.74, 6) is 1.09. The predicted octanol–water partition coefficient (Wildman–Crippen LogP) is 3.41. The predicted molar refractivity (Wildman–Crippen MR) is 86.3 cm³/mol. The molecule has 3 heteroatoms. The van der Waals surface area contributed by atoms with Crippen LogP contribution in [0.25, 0.3) is 0 Å². The lowest BCUT2D eigenvalue weighted by Gasteiger charge is -2.26. The maximum atomic E-state index is 6.04. The van der Waals surface area contributed by atoms with Crippen LogP contribution in [0.1, 0.15) is 25.0 Å². The third-order valence-electron chi connectivity index (χ3n) is 3.34. The Kier molecular flexibility index (Phi) is 5.68. The molecule has 0 fully saturated rings. The van der Waals surface area contributed by atoms with Gasteiger partial charge in [0.15, 0.2) is 0 Å². The molecule has 0 aliphatic heterocycles. The zero-order valence-corrected chi connectivity index (χ0v) is 13.0. The fraction of sp³-hybridized carbons (Fsp3) is 0.412. The van der Waals surface area contributed by atoms with E-state index in [9.17, 15) is 0 Å². The van der Waals surface area contributed by atoms with Gasteiger partial charge >= 0.3 is 0 Å². The minimum Gasteiger partial charge on any atom is -0.500 e. The van der Waals surface area contributed by atoms with Crippen molar-refractivity contribution in [2.45, 2.75) is 33.2 Å². The first kappa shape index (κ1) is 16.2. The van der Waals surface area contributed by atoms with Crippen molar-refractivity contribution in [3.05, 3.63) is 53.9 Å². The van der Waals surface area contributed by atoms with Gasteiger partial charge in [0.25, 0.3) is 0 Å². The lowest BCUT2D eigenvalue weighted by molar-refractivity contribution is 0.236. The summed E-state index contributed by atoms with van der Waals surface area (Å²) >= 11 is 0. The molecule has 1 rings (SSSR count). The van der Waals surface area contributed by atoms with E-state index < -0.39 is 0 Å². The molecule has 0 aromatic heterocycles. The van der Waals surface area contributed by atoms with E-state index in [1.807, 2.05) is 19.1 Å². The van der Waals surface area contributed by atoms with Gasteiger partial charge in [-0.25, -0.2) is 0 Å². The molecular weight excluding hydrogens is 248 g/mol. The summed E-state index contributed by atoms with van der Waals surface area (Å²) in [4.78, 5) is 0. The third kappa shape index (κ3) is 4.34. The summed E-state index contributed by atoms with van der Waals surface area (Å²) in [5.41, 5.74) is 10.0. The van der Waals surface area contributed by atoms with Crippen molar-refractivity contribution >= 4 is 5.69 Å². The van der Waals surface area contributed by atoms with Crippen molar-refractivity contribution in [1.29, 1.82) is 0 Å². The van der Waals surface area contributed by atoms with E-state index >= 15 is 0 Å². The van der Waals surface area contributed by atoms with Crippen LogP contribution in [0.5, 0.6) is 0 Å². The van der Waals surface area contributed by atoms with Crippen molar-refractivity contribution in [2.75, 3.05) is 12.8 Å². The van der Waals surface area contributed by atoms with Crippen LogP contribution in [0, 0.1) is 12.8 Å². The number of allylic oxidation sites excluding steroid dienone is 1. The van der Waals surface area contributed by atoms with Gasteiger partial charge < -0.3 is 15.8 Å². The quantitative estimate of drug-likeness (QED) is 0.591. The van der Waals surface area contributed by atoms with Gasteiger partial charge in [0.1, 0.15) is 5.76 Å². The monoisotopic (exact) mass is 274 g/mol. The Morgan fingerprint density at radius 1 is 1.35 bits per heavy atom. The first-order valence-corrected chi connectivity index (χ1v) is 6.87. The van der Waals surface area contributed by atoms with Crippen LogP contribution < -0.4 is 11.1 Å². The number of nitrogen functional groups attached to an aromatic ring is 1. The summed E-state index contributed by atoms with van der Waals surface area (Å²) < 4.78 is 5.24. The Bertz CT molecular complexity index is 492. The first-order chi connectivity index (χ1) is 9.35. The normalized spacial score (nSPS) is 12.1. The molecule has 0 aliphatic rings. The molecule has 1 aromatic rings. The van der Waals surface area contributed by atoms with E-state index in [-0.39, 0.29) is 6.04 Å². The van der Waals surface area contributed by atoms with Crippen LogP contribution in [-0.4, -0.2) is 13.2 Å². The van der Waals surface area contributed by atoms with Crippen LogP contribution in [0.15, 0.2) is 42.8 Å². The number of rotatable bonds is 7. The van der Waals surface area contributed by atoms with Crippen molar-refractivity contribution < 1.29 is 4.74 Å². The summed E-state index contributed by atoms with van der Waals surface area (Å²) in [7, 11) is 1.64. The van der Waals surface area contributed by atoms with Crippen molar-refractivity contribution in [3.8, 4) is 0 Å². The Morgan fingerprint density at radius 3 is 2.50 bits per heavy atom. The number of anilines is 1. The molecule has 1 unspecified atom stereocenters. The smallest absolute Gasteiger partial charge is 0.111 e. The molecule has 0 radical (unpaired) electrons. The lowest BCUT2D eigenvalue weighted by atomic mass is 10.0. The number of methoxy groups -OCH3 is 1. The molecule has 0 spiro atoms. The Hall–Kier alpha value is -1.90. The maximum absolute atomic E-state index is 6.04. The van der Waals surface area contributed by atoms with E-state index in [0.29, 0.717) is 12.3 Å². The van der Waals surface area contributed by atoms with Crippen LogP contribution in [0.2, 0.25) is 0 Å². The summed E-state index contributed by atoms with van der Waals surface area (Å²) in [6.45, 7) is 14.3. The Balaban J connectivity index is 2.73. The minimum atomic E-state index is 0.0548. The van der Waals surface area contributed by atoms with Gasteiger partial charge in [-0.05, 0) is 30.0 Å². The van der Waals surface area contributed by atoms with Gasteiger partial charge in [-0.3, -0.25) is 0 Å². The van der Waals surface area contributed by atoms with E-state index in [0.717, 1.165) is 28.3 Å². The van der Waals surface area contributed by atoms with Gasteiger partial charge in [-0.15, -0.1) is 0 Å². The highest BCUT2D eigenvalue weighted by atomic mass is 16.5. The van der Waals surface area contributed by atoms with E-state index in [1.165, 1.54) is 0 Å². The van der Waals surface area contributed by atoms with Gasteiger partial charge in [-0.1, -0.05) is 39.1 Å². The van der Waals surface area contributed by atoms with Gasteiger partial charge in [0.05, 0.1) is 13.2 Å². The third-order valence-corrected chi connectivity index (χ3v) is 3.34. The Morgan fingerprint density at radius 2 is 2.00 bits per heavy atom. The second-order valence-electron chi connectivity index (χ2n) is 5.52. The second-order valence-corrected chi connectivity index (χ2v) is 5.52. The minimum absolute atomic E-state index is 0.0548. The standard InChI is InChI=1S/C17H26N2O/c1-11(2)17(14(5)20-6)19-13(4)10-15-8-7-12(3)9-16(15)18/h7-9,11,17,19H,4-5,10,18H2,1-3,6H3. The molecule has 0 saturated heterocycles. The van der Waals surface area contributed by atoms with Gasteiger partial charge in [-0.2, -0.15) is 0 Å². The van der Waals surface area contributed by atoms with E-state index in [2.05, 4.69) is 38.4 Å². The van der Waals surface area contributed by atoms with Gasteiger partial charge in [0.2, 0.25) is 0 Å².